The summed E-state index contributed by atoms with van der Waals surface area (Å²) >= 11 is 0. The van der Waals surface area contributed by atoms with E-state index < -0.39 is 42.4 Å². The van der Waals surface area contributed by atoms with Crippen LogP contribution >= 0.6 is 0 Å². The summed E-state index contributed by atoms with van der Waals surface area (Å²) in [6.07, 6.45) is 3.79. The van der Waals surface area contributed by atoms with Gasteiger partial charge in [-0.05, 0) is 26.7 Å². The van der Waals surface area contributed by atoms with Crippen LogP contribution in [0.2, 0.25) is 0 Å². The molecular formula is C14H20N4O5. The van der Waals surface area contributed by atoms with Gasteiger partial charge >= 0.3 is 23.9 Å². The van der Waals surface area contributed by atoms with E-state index in [0.29, 0.717) is 4.90 Å². The van der Waals surface area contributed by atoms with Crippen molar-refractivity contribution >= 4 is 29.8 Å². The van der Waals surface area contributed by atoms with Crippen LogP contribution in [0.15, 0.2) is 0 Å². The van der Waals surface area contributed by atoms with E-state index in [2.05, 4.69) is 10.6 Å². The molecule has 0 aromatic heterocycles. The van der Waals surface area contributed by atoms with Crippen molar-refractivity contribution in [3.63, 3.8) is 0 Å². The van der Waals surface area contributed by atoms with Crippen LogP contribution in [0.3, 0.4) is 0 Å². The Bertz CT molecular complexity index is 553. The third-order valence-electron chi connectivity index (χ3n) is 3.85. The molecule has 1 heterocycles. The Labute approximate surface area is 133 Å². The summed E-state index contributed by atoms with van der Waals surface area (Å²) in [7, 11) is 0. The Balaban J connectivity index is 1.89. The summed E-state index contributed by atoms with van der Waals surface area (Å²) in [5.74, 6) is -2.84. The molecule has 23 heavy (non-hydrogen) atoms. The van der Waals surface area contributed by atoms with Crippen molar-refractivity contribution in [2.45, 2.75) is 51.6 Å². The third-order valence-corrected chi connectivity index (χ3v) is 3.85. The van der Waals surface area contributed by atoms with Gasteiger partial charge in [-0.3, -0.25) is 24.6 Å². The van der Waals surface area contributed by atoms with Crippen LogP contribution in [0.5, 0.6) is 0 Å². The number of hydrogen-bond acceptors (Lipinski definition) is 5. The van der Waals surface area contributed by atoms with Gasteiger partial charge in [0, 0.05) is 12.1 Å². The van der Waals surface area contributed by atoms with Gasteiger partial charge in [-0.1, -0.05) is 12.8 Å². The standard InChI is InChI=1S/C14H20N4O5/c1-8(2)18-12(21)11(20)17(14(18)23)7-10(19)16-13(22)15-9-5-3-4-6-9/h8-9H,3-7H2,1-2H3,(H2,15,16,19,22). The number of hydrogen-bond donors (Lipinski definition) is 2. The van der Waals surface area contributed by atoms with Gasteiger partial charge in [0.05, 0.1) is 0 Å². The minimum atomic E-state index is -1.06. The fraction of sp³-hybridized carbons (Fsp3) is 0.643. The van der Waals surface area contributed by atoms with Crippen molar-refractivity contribution in [2.75, 3.05) is 6.54 Å². The molecule has 1 saturated carbocycles. The van der Waals surface area contributed by atoms with E-state index in [9.17, 15) is 24.0 Å². The molecule has 2 fully saturated rings. The first-order valence-electron chi connectivity index (χ1n) is 7.60. The lowest BCUT2D eigenvalue weighted by molar-refractivity contribution is -0.144. The van der Waals surface area contributed by atoms with Crippen LogP contribution in [0, 0.1) is 0 Å². The van der Waals surface area contributed by atoms with Crippen LogP contribution in [0.1, 0.15) is 39.5 Å². The van der Waals surface area contributed by atoms with E-state index in [1.54, 1.807) is 13.8 Å². The summed E-state index contributed by atoms with van der Waals surface area (Å²) in [5.41, 5.74) is 0. The fourth-order valence-corrected chi connectivity index (χ4v) is 2.72. The maximum atomic E-state index is 12.0. The normalized spacial score (nSPS) is 19.0. The molecule has 7 amide bonds. The highest BCUT2D eigenvalue weighted by Crippen LogP contribution is 2.17. The smallest absolute Gasteiger partial charge is 0.334 e. The van der Waals surface area contributed by atoms with E-state index in [1.807, 2.05) is 0 Å². The molecule has 9 heteroatoms. The predicted octanol–water partition coefficient (Wildman–Crippen LogP) is -0.0460. The van der Waals surface area contributed by atoms with E-state index in [0.717, 1.165) is 30.6 Å². The molecule has 2 N–H and O–H groups in total. The molecule has 1 aliphatic carbocycles. The van der Waals surface area contributed by atoms with E-state index in [4.69, 9.17) is 0 Å². The van der Waals surface area contributed by atoms with E-state index in [-0.39, 0.29) is 6.04 Å². The Kier molecular flexibility index (Phi) is 4.97. The van der Waals surface area contributed by atoms with Crippen LogP contribution in [-0.4, -0.2) is 58.2 Å². The number of carbonyl (C=O) groups is 5. The summed E-state index contributed by atoms with van der Waals surface area (Å²) in [4.78, 5) is 60.3. The van der Waals surface area contributed by atoms with E-state index >= 15 is 0 Å². The van der Waals surface area contributed by atoms with Crippen LogP contribution in [0.4, 0.5) is 9.59 Å². The zero-order valence-corrected chi connectivity index (χ0v) is 13.1. The van der Waals surface area contributed by atoms with Crippen molar-refractivity contribution in [1.82, 2.24) is 20.4 Å². The van der Waals surface area contributed by atoms with Crippen LogP contribution < -0.4 is 10.6 Å². The van der Waals surface area contributed by atoms with Crippen molar-refractivity contribution in [3.8, 4) is 0 Å². The van der Waals surface area contributed by atoms with Gasteiger partial charge in [0.2, 0.25) is 5.91 Å². The van der Waals surface area contributed by atoms with Crippen molar-refractivity contribution < 1.29 is 24.0 Å². The molecule has 2 aliphatic rings. The Morgan fingerprint density at radius 3 is 2.26 bits per heavy atom. The molecule has 1 aliphatic heterocycles. The number of amides is 7. The third kappa shape index (κ3) is 3.66. The maximum Gasteiger partial charge on any atom is 0.334 e. The second kappa shape index (κ2) is 6.76. The van der Waals surface area contributed by atoms with Gasteiger partial charge in [0.1, 0.15) is 6.54 Å². The molecule has 1 saturated heterocycles. The van der Waals surface area contributed by atoms with Crippen LogP contribution in [0.25, 0.3) is 0 Å². The Hall–Kier alpha value is -2.45. The molecule has 0 unspecified atom stereocenters. The van der Waals surface area contributed by atoms with Gasteiger partial charge < -0.3 is 5.32 Å². The summed E-state index contributed by atoms with van der Waals surface area (Å²) in [5, 5.41) is 4.73. The highest BCUT2D eigenvalue weighted by Gasteiger charge is 2.46. The summed E-state index contributed by atoms with van der Waals surface area (Å²) < 4.78 is 0. The van der Waals surface area contributed by atoms with Gasteiger partial charge in [-0.15, -0.1) is 0 Å². The Morgan fingerprint density at radius 2 is 1.74 bits per heavy atom. The maximum absolute atomic E-state index is 12.0. The first kappa shape index (κ1) is 16.9. The molecule has 0 aromatic rings. The molecule has 126 valence electrons. The quantitative estimate of drug-likeness (QED) is 0.556. The number of nitrogens with zero attached hydrogens (tertiary/aromatic N) is 2. The number of rotatable bonds is 4. The topological polar surface area (TPSA) is 116 Å². The molecule has 0 atom stereocenters. The average Bonchev–Trinajstić information content (AvgIpc) is 3.02. The van der Waals surface area contributed by atoms with Crippen molar-refractivity contribution in [1.29, 1.82) is 0 Å². The minimum absolute atomic E-state index is 0.0378. The van der Waals surface area contributed by atoms with Gasteiger partial charge in [0.15, 0.2) is 0 Å². The second-order valence-electron chi connectivity index (χ2n) is 5.95. The minimum Gasteiger partial charge on any atom is -0.335 e. The number of imide groups is 3. The monoisotopic (exact) mass is 324 g/mol. The zero-order chi connectivity index (χ0) is 17.1. The summed E-state index contributed by atoms with van der Waals surface area (Å²) in [6.45, 7) is 2.51. The Morgan fingerprint density at radius 1 is 1.13 bits per heavy atom. The number of nitrogens with one attached hydrogen (secondary N) is 2. The molecule has 0 spiro atoms. The van der Waals surface area contributed by atoms with Crippen LogP contribution in [-0.2, 0) is 14.4 Å². The van der Waals surface area contributed by atoms with Gasteiger partial charge in [-0.2, -0.15) is 0 Å². The van der Waals surface area contributed by atoms with Crippen molar-refractivity contribution in [3.05, 3.63) is 0 Å². The molecule has 0 radical (unpaired) electrons. The van der Waals surface area contributed by atoms with Gasteiger partial charge in [-0.25, -0.2) is 14.5 Å². The summed E-state index contributed by atoms with van der Waals surface area (Å²) in [6, 6.07) is -1.96. The molecule has 0 aromatic carbocycles. The zero-order valence-electron chi connectivity index (χ0n) is 13.1. The number of carbonyl (C=O) groups excluding carboxylic acids is 5. The van der Waals surface area contributed by atoms with Crippen molar-refractivity contribution in [2.24, 2.45) is 0 Å². The molecule has 0 bridgehead atoms. The predicted molar refractivity (Wildman–Crippen MR) is 78.0 cm³/mol. The highest BCUT2D eigenvalue weighted by atomic mass is 16.2. The average molecular weight is 324 g/mol. The first-order chi connectivity index (χ1) is 10.8. The first-order valence-corrected chi connectivity index (χ1v) is 7.60. The lowest BCUT2D eigenvalue weighted by Crippen LogP contribution is -2.48. The highest BCUT2D eigenvalue weighted by molar-refractivity contribution is 6.45. The molecule has 9 nitrogen and oxygen atoms in total. The largest absolute Gasteiger partial charge is 0.335 e. The van der Waals surface area contributed by atoms with E-state index in [1.165, 1.54) is 0 Å². The number of urea groups is 2. The molecule has 2 rings (SSSR count). The lowest BCUT2D eigenvalue weighted by atomic mass is 10.2. The fourth-order valence-electron chi connectivity index (χ4n) is 2.72. The van der Waals surface area contributed by atoms with Gasteiger partial charge in [0.25, 0.3) is 0 Å². The lowest BCUT2D eigenvalue weighted by Gasteiger charge is -2.18. The molecular weight excluding hydrogens is 304 g/mol. The SMILES string of the molecule is CC(C)N1C(=O)C(=O)N(CC(=O)NC(=O)NC2CCCC2)C1=O. The second-order valence-corrected chi connectivity index (χ2v) is 5.95.